The third-order valence-corrected chi connectivity index (χ3v) is 2.83. The Balaban J connectivity index is 2.90. The largest absolute Gasteiger partial charge is 0.371 e. The number of amides is 2. The molecule has 1 rings (SSSR count). The number of carbonyl (C=O) groups is 2. The van der Waals surface area contributed by atoms with Gasteiger partial charge in [-0.2, -0.15) is 0 Å². The SMILES string of the molecule is CC(C)NC(=O)c1ccc(NCC(=O)NC(C)(C)C)c([N+](=O)[O-])c1. The molecule has 2 amide bonds. The molecule has 132 valence electrons. The first-order valence-corrected chi connectivity index (χ1v) is 7.64. The van der Waals surface area contributed by atoms with Crippen LogP contribution < -0.4 is 16.0 Å². The van der Waals surface area contributed by atoms with Gasteiger partial charge >= 0.3 is 0 Å². The van der Waals surface area contributed by atoms with E-state index in [0.29, 0.717) is 0 Å². The molecule has 0 aliphatic carbocycles. The Bertz CT molecular complexity index is 635. The van der Waals surface area contributed by atoms with E-state index in [1.807, 2.05) is 20.8 Å². The van der Waals surface area contributed by atoms with Crippen molar-refractivity contribution in [3.8, 4) is 0 Å². The van der Waals surface area contributed by atoms with Crippen LogP contribution >= 0.6 is 0 Å². The summed E-state index contributed by atoms with van der Waals surface area (Å²) in [6, 6.07) is 4.03. The van der Waals surface area contributed by atoms with Crippen LogP contribution in [0.1, 0.15) is 45.0 Å². The molecule has 1 aromatic rings. The van der Waals surface area contributed by atoms with Crippen molar-refractivity contribution in [2.24, 2.45) is 0 Å². The summed E-state index contributed by atoms with van der Waals surface area (Å²) in [6.45, 7) is 9.03. The Kier molecular flexibility index (Phi) is 6.27. The summed E-state index contributed by atoms with van der Waals surface area (Å²) >= 11 is 0. The van der Waals surface area contributed by atoms with Gasteiger partial charge in [-0.1, -0.05) is 0 Å². The zero-order chi connectivity index (χ0) is 18.5. The molecule has 0 spiro atoms. The number of nitro groups is 1. The lowest BCUT2D eigenvalue weighted by Crippen LogP contribution is -2.43. The molecule has 3 N–H and O–H groups in total. The zero-order valence-corrected chi connectivity index (χ0v) is 14.6. The van der Waals surface area contributed by atoms with E-state index >= 15 is 0 Å². The molecule has 0 radical (unpaired) electrons. The molecule has 0 aliphatic heterocycles. The number of nitrogens with zero attached hydrogens (tertiary/aromatic N) is 1. The molecule has 0 saturated carbocycles. The summed E-state index contributed by atoms with van der Waals surface area (Å²) in [5.41, 5.74) is -0.260. The van der Waals surface area contributed by atoms with Gasteiger partial charge in [0.1, 0.15) is 5.69 Å². The lowest BCUT2D eigenvalue weighted by atomic mass is 10.1. The van der Waals surface area contributed by atoms with Gasteiger partial charge < -0.3 is 16.0 Å². The highest BCUT2D eigenvalue weighted by Gasteiger charge is 2.19. The molecule has 0 fully saturated rings. The first-order chi connectivity index (χ1) is 11.0. The molecular weight excluding hydrogens is 312 g/mol. The highest BCUT2D eigenvalue weighted by Crippen LogP contribution is 2.25. The minimum atomic E-state index is -0.587. The van der Waals surface area contributed by atoms with Crippen LogP contribution in [0.15, 0.2) is 18.2 Å². The zero-order valence-electron chi connectivity index (χ0n) is 14.6. The van der Waals surface area contributed by atoms with E-state index in [1.165, 1.54) is 18.2 Å². The van der Waals surface area contributed by atoms with Crippen molar-refractivity contribution in [3.05, 3.63) is 33.9 Å². The summed E-state index contributed by atoms with van der Waals surface area (Å²) in [4.78, 5) is 34.4. The number of carbonyl (C=O) groups excluding carboxylic acids is 2. The molecule has 0 heterocycles. The highest BCUT2D eigenvalue weighted by atomic mass is 16.6. The summed E-state index contributed by atoms with van der Waals surface area (Å²) < 4.78 is 0. The van der Waals surface area contributed by atoms with Crippen LogP contribution in [0.4, 0.5) is 11.4 Å². The predicted octanol–water partition coefficient (Wildman–Crippen LogP) is 2.06. The van der Waals surface area contributed by atoms with Crippen LogP contribution in [-0.2, 0) is 4.79 Å². The van der Waals surface area contributed by atoms with Crippen LogP contribution in [0.3, 0.4) is 0 Å². The Morgan fingerprint density at radius 1 is 1.25 bits per heavy atom. The lowest BCUT2D eigenvalue weighted by Gasteiger charge is -2.20. The number of hydrogen-bond acceptors (Lipinski definition) is 5. The van der Waals surface area contributed by atoms with Gasteiger partial charge in [0.15, 0.2) is 0 Å². The first-order valence-electron chi connectivity index (χ1n) is 7.64. The van der Waals surface area contributed by atoms with Crippen LogP contribution in [0, 0.1) is 10.1 Å². The van der Waals surface area contributed by atoms with Crippen LogP contribution in [0.25, 0.3) is 0 Å². The molecule has 0 aromatic heterocycles. The Hall–Kier alpha value is -2.64. The third-order valence-electron chi connectivity index (χ3n) is 2.83. The van der Waals surface area contributed by atoms with E-state index in [1.54, 1.807) is 13.8 Å². The molecule has 8 heteroatoms. The van der Waals surface area contributed by atoms with Crippen LogP contribution in [-0.4, -0.2) is 34.9 Å². The molecule has 0 saturated heterocycles. The summed E-state index contributed by atoms with van der Waals surface area (Å²) in [6.07, 6.45) is 0. The Morgan fingerprint density at radius 3 is 2.38 bits per heavy atom. The van der Waals surface area contributed by atoms with Gasteiger partial charge in [-0.15, -0.1) is 0 Å². The highest BCUT2D eigenvalue weighted by molar-refractivity contribution is 5.96. The molecule has 8 nitrogen and oxygen atoms in total. The average Bonchev–Trinajstić information content (AvgIpc) is 2.42. The van der Waals surface area contributed by atoms with Crippen molar-refractivity contribution in [3.63, 3.8) is 0 Å². The second-order valence-electron chi connectivity index (χ2n) is 6.77. The number of hydrogen-bond donors (Lipinski definition) is 3. The van der Waals surface area contributed by atoms with Crippen molar-refractivity contribution < 1.29 is 14.5 Å². The normalized spacial score (nSPS) is 11.1. The van der Waals surface area contributed by atoms with E-state index in [0.717, 1.165) is 0 Å². The quantitative estimate of drug-likeness (QED) is 0.543. The van der Waals surface area contributed by atoms with E-state index in [4.69, 9.17) is 0 Å². The van der Waals surface area contributed by atoms with Gasteiger partial charge in [-0.25, -0.2) is 0 Å². The Morgan fingerprint density at radius 2 is 1.88 bits per heavy atom. The van der Waals surface area contributed by atoms with Crippen LogP contribution in [0.5, 0.6) is 0 Å². The van der Waals surface area contributed by atoms with E-state index < -0.39 is 4.92 Å². The van der Waals surface area contributed by atoms with Crippen molar-refractivity contribution >= 4 is 23.2 Å². The van der Waals surface area contributed by atoms with E-state index in [2.05, 4.69) is 16.0 Å². The summed E-state index contributed by atoms with van der Waals surface area (Å²) in [7, 11) is 0. The van der Waals surface area contributed by atoms with E-state index in [-0.39, 0.29) is 46.9 Å². The fourth-order valence-electron chi connectivity index (χ4n) is 1.96. The maximum absolute atomic E-state index is 11.9. The predicted molar refractivity (Wildman–Crippen MR) is 92.1 cm³/mol. The standard InChI is InChI=1S/C16H24N4O4/c1-10(2)18-15(22)11-6-7-12(13(8-11)20(23)24)17-9-14(21)19-16(3,4)5/h6-8,10,17H,9H2,1-5H3,(H,18,22)(H,19,21). The maximum Gasteiger partial charge on any atom is 0.293 e. The first kappa shape index (κ1) is 19.4. The topological polar surface area (TPSA) is 113 Å². The number of rotatable bonds is 6. The number of benzene rings is 1. The minimum absolute atomic E-state index is 0.0737. The fraction of sp³-hybridized carbons (Fsp3) is 0.500. The van der Waals surface area contributed by atoms with Crippen molar-refractivity contribution in [1.82, 2.24) is 10.6 Å². The van der Waals surface area contributed by atoms with Crippen LogP contribution in [0.2, 0.25) is 0 Å². The van der Waals surface area contributed by atoms with Gasteiger partial charge in [0.2, 0.25) is 5.91 Å². The molecule has 0 unspecified atom stereocenters. The lowest BCUT2D eigenvalue weighted by molar-refractivity contribution is -0.384. The van der Waals surface area contributed by atoms with Gasteiger partial charge in [-0.05, 0) is 46.8 Å². The number of anilines is 1. The molecule has 24 heavy (non-hydrogen) atoms. The fourth-order valence-corrected chi connectivity index (χ4v) is 1.96. The number of nitrogens with one attached hydrogen (secondary N) is 3. The van der Waals surface area contributed by atoms with Gasteiger partial charge in [-0.3, -0.25) is 19.7 Å². The average molecular weight is 336 g/mol. The smallest absolute Gasteiger partial charge is 0.293 e. The van der Waals surface area contributed by atoms with Gasteiger partial charge in [0, 0.05) is 23.2 Å². The monoisotopic (exact) mass is 336 g/mol. The second kappa shape index (κ2) is 7.76. The molecule has 0 bridgehead atoms. The van der Waals surface area contributed by atoms with Gasteiger partial charge in [0.05, 0.1) is 11.5 Å². The summed E-state index contributed by atoms with van der Waals surface area (Å²) in [5.74, 6) is -0.663. The van der Waals surface area contributed by atoms with E-state index in [9.17, 15) is 19.7 Å². The maximum atomic E-state index is 11.9. The summed E-state index contributed by atoms with van der Waals surface area (Å²) in [5, 5.41) is 19.4. The second-order valence-corrected chi connectivity index (χ2v) is 6.77. The molecule has 0 aliphatic rings. The minimum Gasteiger partial charge on any atom is -0.371 e. The van der Waals surface area contributed by atoms with Crippen molar-refractivity contribution in [2.75, 3.05) is 11.9 Å². The van der Waals surface area contributed by atoms with Crippen molar-refractivity contribution in [1.29, 1.82) is 0 Å². The molecule has 0 atom stereocenters. The van der Waals surface area contributed by atoms with Crippen molar-refractivity contribution in [2.45, 2.75) is 46.2 Å². The molecule has 1 aromatic carbocycles. The van der Waals surface area contributed by atoms with Gasteiger partial charge in [0.25, 0.3) is 11.6 Å². The Labute approximate surface area is 141 Å². The number of nitro benzene ring substituents is 1. The molecular formula is C16H24N4O4. The third kappa shape index (κ3) is 6.23.